The van der Waals surface area contributed by atoms with E-state index in [4.69, 9.17) is 5.11 Å². The van der Waals surface area contributed by atoms with E-state index in [0.717, 1.165) is 23.9 Å². The molecule has 2 N–H and O–H groups in total. The number of aromatic amines is 1. The summed E-state index contributed by atoms with van der Waals surface area (Å²) >= 11 is 0. The molecule has 1 amide bonds. The van der Waals surface area contributed by atoms with E-state index in [-0.39, 0.29) is 12.5 Å². The molecule has 114 valence electrons. The fraction of sp³-hybridized carbons (Fsp3) is 0.500. The fourth-order valence-electron chi connectivity index (χ4n) is 2.42. The zero-order chi connectivity index (χ0) is 15.1. The van der Waals surface area contributed by atoms with Gasteiger partial charge in [0.25, 0.3) is 5.91 Å². The van der Waals surface area contributed by atoms with Crippen molar-refractivity contribution in [3.8, 4) is 0 Å². The van der Waals surface area contributed by atoms with Crippen molar-refractivity contribution >= 4 is 16.9 Å². The molecule has 0 aliphatic carbocycles. The average Bonchev–Trinajstić information content (AvgIpc) is 2.97. The number of imidazole rings is 1. The zero-order valence-electron chi connectivity index (χ0n) is 12.5. The van der Waals surface area contributed by atoms with Crippen LogP contribution in [0.15, 0.2) is 24.5 Å². The maximum Gasteiger partial charge on any atom is 0.254 e. The topological polar surface area (TPSA) is 69.2 Å². The molecule has 5 nitrogen and oxygen atoms in total. The monoisotopic (exact) mass is 289 g/mol. The molecule has 0 unspecified atom stereocenters. The predicted octanol–water partition coefficient (Wildman–Crippen LogP) is 2.58. The van der Waals surface area contributed by atoms with Crippen LogP contribution in [-0.4, -0.2) is 45.6 Å². The summed E-state index contributed by atoms with van der Waals surface area (Å²) in [5.74, 6) is -0.0305. The van der Waals surface area contributed by atoms with Crippen LogP contribution < -0.4 is 0 Å². The van der Waals surface area contributed by atoms with Crippen LogP contribution in [0.1, 0.15) is 43.0 Å². The molecule has 0 bridgehead atoms. The second-order valence-electron chi connectivity index (χ2n) is 5.21. The number of H-pyrrole nitrogens is 1. The first-order chi connectivity index (χ1) is 10.3. The van der Waals surface area contributed by atoms with E-state index < -0.39 is 0 Å². The highest BCUT2D eigenvalue weighted by atomic mass is 16.3. The lowest BCUT2D eigenvalue weighted by Crippen LogP contribution is -2.34. The molecule has 1 aromatic carbocycles. The minimum Gasteiger partial charge on any atom is -0.395 e. The Morgan fingerprint density at radius 2 is 2.14 bits per heavy atom. The number of aliphatic hydroxyl groups is 1. The van der Waals surface area contributed by atoms with Crippen molar-refractivity contribution in [1.29, 1.82) is 0 Å². The molecule has 0 saturated heterocycles. The minimum atomic E-state index is -0.0305. The number of nitrogens with one attached hydrogen (secondary N) is 1. The molecule has 5 heteroatoms. The molecule has 1 aromatic heterocycles. The van der Waals surface area contributed by atoms with Gasteiger partial charge in [-0.25, -0.2) is 4.98 Å². The molecule has 0 fully saturated rings. The van der Waals surface area contributed by atoms with E-state index in [9.17, 15) is 4.79 Å². The van der Waals surface area contributed by atoms with E-state index >= 15 is 0 Å². The van der Waals surface area contributed by atoms with Crippen LogP contribution in [0.3, 0.4) is 0 Å². The molecule has 1 heterocycles. The van der Waals surface area contributed by atoms with E-state index in [1.54, 1.807) is 17.3 Å². The summed E-state index contributed by atoms with van der Waals surface area (Å²) in [4.78, 5) is 21.4. The Bertz CT molecular complexity index is 580. The Morgan fingerprint density at radius 1 is 1.29 bits per heavy atom. The number of aliphatic hydroxyl groups excluding tert-OH is 1. The minimum absolute atomic E-state index is 0.00812. The van der Waals surface area contributed by atoms with Crippen LogP contribution >= 0.6 is 0 Å². The van der Waals surface area contributed by atoms with E-state index in [0.29, 0.717) is 18.7 Å². The van der Waals surface area contributed by atoms with Gasteiger partial charge < -0.3 is 15.0 Å². The Balaban J connectivity index is 2.05. The van der Waals surface area contributed by atoms with Crippen molar-refractivity contribution in [2.24, 2.45) is 0 Å². The molecule has 0 aliphatic rings. The lowest BCUT2D eigenvalue weighted by Gasteiger charge is -2.21. The van der Waals surface area contributed by atoms with Crippen LogP contribution in [0.2, 0.25) is 0 Å². The molecule has 2 aromatic rings. The summed E-state index contributed by atoms with van der Waals surface area (Å²) in [6.45, 7) is 3.23. The van der Waals surface area contributed by atoms with Gasteiger partial charge in [0.2, 0.25) is 0 Å². The normalized spacial score (nSPS) is 11.0. The Hall–Kier alpha value is -1.88. The average molecular weight is 289 g/mol. The van der Waals surface area contributed by atoms with E-state index in [2.05, 4.69) is 16.9 Å². The maximum absolute atomic E-state index is 12.5. The van der Waals surface area contributed by atoms with Crippen LogP contribution in [-0.2, 0) is 0 Å². The van der Waals surface area contributed by atoms with Gasteiger partial charge in [-0.3, -0.25) is 4.79 Å². The predicted molar refractivity (Wildman–Crippen MR) is 83.2 cm³/mol. The van der Waals surface area contributed by atoms with Gasteiger partial charge in [0.05, 0.1) is 24.0 Å². The summed E-state index contributed by atoms with van der Waals surface area (Å²) in [6.07, 6.45) is 6.07. The number of hydrogen-bond acceptors (Lipinski definition) is 3. The first-order valence-corrected chi connectivity index (χ1v) is 7.59. The quantitative estimate of drug-likeness (QED) is 0.734. The molecule has 0 radical (unpaired) electrons. The van der Waals surface area contributed by atoms with Crippen molar-refractivity contribution in [2.75, 3.05) is 19.7 Å². The Morgan fingerprint density at radius 3 is 2.90 bits per heavy atom. The molecule has 21 heavy (non-hydrogen) atoms. The second kappa shape index (κ2) is 7.78. The first-order valence-electron chi connectivity index (χ1n) is 7.59. The third kappa shape index (κ3) is 4.04. The first kappa shape index (κ1) is 15.5. The molecular weight excluding hydrogens is 266 g/mol. The number of benzene rings is 1. The molecule has 2 rings (SSSR count). The maximum atomic E-state index is 12.5. The number of amides is 1. The number of unbranched alkanes of at least 4 members (excludes halogenated alkanes) is 3. The van der Waals surface area contributed by atoms with E-state index in [1.807, 2.05) is 12.1 Å². The highest BCUT2D eigenvalue weighted by molar-refractivity contribution is 5.97. The van der Waals surface area contributed by atoms with Crippen LogP contribution in [0.25, 0.3) is 11.0 Å². The highest BCUT2D eigenvalue weighted by Crippen LogP contribution is 2.14. The fourth-order valence-corrected chi connectivity index (χ4v) is 2.42. The van der Waals surface area contributed by atoms with Gasteiger partial charge in [-0.05, 0) is 24.6 Å². The van der Waals surface area contributed by atoms with Gasteiger partial charge in [-0.2, -0.15) is 0 Å². The number of nitrogens with zero attached hydrogens (tertiary/aromatic N) is 2. The van der Waals surface area contributed by atoms with Crippen LogP contribution in [0.5, 0.6) is 0 Å². The second-order valence-corrected chi connectivity index (χ2v) is 5.21. The number of aromatic nitrogens is 2. The molecule has 0 saturated carbocycles. The van der Waals surface area contributed by atoms with Gasteiger partial charge in [-0.1, -0.05) is 26.2 Å². The largest absolute Gasteiger partial charge is 0.395 e. The molecule has 0 atom stereocenters. The van der Waals surface area contributed by atoms with Crippen molar-refractivity contribution in [3.63, 3.8) is 0 Å². The summed E-state index contributed by atoms with van der Waals surface area (Å²) in [7, 11) is 0. The SMILES string of the molecule is CCCCCCN(CCO)C(=O)c1ccc2nc[nH]c2c1. The van der Waals surface area contributed by atoms with Crippen molar-refractivity contribution in [3.05, 3.63) is 30.1 Å². The number of hydrogen-bond donors (Lipinski definition) is 2. The number of carbonyl (C=O) groups excluding carboxylic acids is 1. The summed E-state index contributed by atoms with van der Waals surface area (Å²) < 4.78 is 0. The summed E-state index contributed by atoms with van der Waals surface area (Å²) in [5, 5.41) is 9.16. The molecular formula is C16H23N3O2. The Kier molecular flexibility index (Phi) is 5.75. The summed E-state index contributed by atoms with van der Waals surface area (Å²) in [6, 6.07) is 5.45. The Labute approximate surface area is 125 Å². The van der Waals surface area contributed by atoms with Crippen molar-refractivity contribution < 1.29 is 9.90 Å². The van der Waals surface area contributed by atoms with Crippen LogP contribution in [0, 0.1) is 0 Å². The number of fused-ring (bicyclic) bond motifs is 1. The van der Waals surface area contributed by atoms with Gasteiger partial charge in [0, 0.05) is 18.7 Å². The third-order valence-corrected chi connectivity index (χ3v) is 3.61. The third-order valence-electron chi connectivity index (χ3n) is 3.61. The summed E-state index contributed by atoms with van der Waals surface area (Å²) in [5.41, 5.74) is 2.34. The standard InChI is InChI=1S/C16H23N3O2/c1-2-3-4-5-8-19(9-10-20)16(21)13-6-7-14-15(11-13)18-12-17-14/h6-7,11-12,20H,2-5,8-10H2,1H3,(H,17,18). The van der Waals surface area contributed by atoms with Crippen molar-refractivity contribution in [2.45, 2.75) is 32.6 Å². The lowest BCUT2D eigenvalue weighted by atomic mass is 10.1. The van der Waals surface area contributed by atoms with Gasteiger partial charge in [0.1, 0.15) is 0 Å². The van der Waals surface area contributed by atoms with Crippen LogP contribution in [0.4, 0.5) is 0 Å². The van der Waals surface area contributed by atoms with Gasteiger partial charge in [-0.15, -0.1) is 0 Å². The molecule has 0 aliphatic heterocycles. The zero-order valence-corrected chi connectivity index (χ0v) is 12.5. The lowest BCUT2D eigenvalue weighted by molar-refractivity contribution is 0.0718. The number of rotatable bonds is 8. The van der Waals surface area contributed by atoms with Crippen molar-refractivity contribution in [1.82, 2.24) is 14.9 Å². The van der Waals surface area contributed by atoms with Gasteiger partial charge in [0.15, 0.2) is 0 Å². The number of carbonyl (C=O) groups is 1. The van der Waals surface area contributed by atoms with Gasteiger partial charge >= 0.3 is 0 Å². The smallest absolute Gasteiger partial charge is 0.254 e. The highest BCUT2D eigenvalue weighted by Gasteiger charge is 2.15. The molecule has 0 spiro atoms. The van der Waals surface area contributed by atoms with E-state index in [1.165, 1.54) is 12.8 Å².